The Labute approximate surface area is 154 Å². The van der Waals surface area contributed by atoms with Gasteiger partial charge in [-0.05, 0) is 43.7 Å². The van der Waals surface area contributed by atoms with Gasteiger partial charge in [0.1, 0.15) is 5.69 Å². The van der Waals surface area contributed by atoms with Crippen LogP contribution in [0.15, 0.2) is 22.9 Å². The number of nitrogens with zero attached hydrogens (tertiary/aromatic N) is 3. The third-order valence-electron chi connectivity index (χ3n) is 5.33. The van der Waals surface area contributed by atoms with Gasteiger partial charge in [0.25, 0.3) is 5.91 Å². The number of carbonyl (C=O) groups is 1. The van der Waals surface area contributed by atoms with Gasteiger partial charge in [-0.1, -0.05) is 37.8 Å². The fourth-order valence-corrected chi connectivity index (χ4v) is 3.72. The molecule has 1 fully saturated rings. The zero-order chi connectivity index (χ0) is 18.4. The highest BCUT2D eigenvalue weighted by Crippen LogP contribution is 2.37. The lowest BCUT2D eigenvalue weighted by molar-refractivity contribution is 0.0958. The van der Waals surface area contributed by atoms with Gasteiger partial charge in [0.05, 0.1) is 0 Å². The topological polar surface area (TPSA) is 80.9 Å². The van der Waals surface area contributed by atoms with E-state index in [2.05, 4.69) is 27.4 Å². The Bertz CT molecular complexity index is 720. The van der Waals surface area contributed by atoms with Crippen LogP contribution in [0, 0.1) is 5.92 Å². The average molecular weight is 356 g/mol. The fraction of sp³-hybridized carbons (Fsp3) is 0.600. The van der Waals surface area contributed by atoms with Crippen molar-refractivity contribution in [2.45, 2.75) is 64.2 Å². The summed E-state index contributed by atoms with van der Waals surface area (Å²) < 4.78 is 5.54. The molecule has 1 aliphatic rings. The molecule has 0 unspecified atom stereocenters. The van der Waals surface area contributed by atoms with Crippen LogP contribution in [0.3, 0.4) is 0 Å². The first-order chi connectivity index (χ1) is 12.7. The molecule has 0 aromatic carbocycles. The first-order valence-corrected chi connectivity index (χ1v) is 9.73. The highest BCUT2D eigenvalue weighted by atomic mass is 16.5. The molecule has 0 spiro atoms. The molecule has 6 heteroatoms. The molecular weight excluding hydrogens is 328 g/mol. The molecular formula is C20H28N4O2. The van der Waals surface area contributed by atoms with Crippen LogP contribution in [-0.4, -0.2) is 28.1 Å². The number of amides is 1. The number of carbonyl (C=O) groups excluding carboxylic acids is 1. The Kier molecular flexibility index (Phi) is 6.36. The second kappa shape index (κ2) is 8.92. The van der Waals surface area contributed by atoms with Gasteiger partial charge in [-0.25, -0.2) is 0 Å². The number of hydrogen-bond donors (Lipinski definition) is 1. The Balaban J connectivity index is 1.61. The predicted molar refractivity (Wildman–Crippen MR) is 99.8 cm³/mol. The molecule has 0 aliphatic heterocycles. The molecule has 0 radical (unpaired) electrons. The lowest BCUT2D eigenvalue weighted by Gasteiger charge is -2.26. The van der Waals surface area contributed by atoms with Crippen LogP contribution in [0.4, 0.5) is 0 Å². The molecule has 1 amide bonds. The van der Waals surface area contributed by atoms with Gasteiger partial charge in [-0.2, -0.15) is 4.98 Å². The summed E-state index contributed by atoms with van der Waals surface area (Å²) >= 11 is 0. The minimum absolute atomic E-state index is 0.225. The molecule has 140 valence electrons. The molecule has 0 atom stereocenters. The molecule has 1 aliphatic carbocycles. The summed E-state index contributed by atoms with van der Waals surface area (Å²) in [5, 5.41) is 6.70. The number of aromatic nitrogens is 3. The fourth-order valence-electron chi connectivity index (χ4n) is 3.72. The molecule has 2 heterocycles. The van der Waals surface area contributed by atoms with Crippen molar-refractivity contribution in [3.63, 3.8) is 0 Å². The monoisotopic (exact) mass is 356 g/mol. The Morgan fingerprint density at radius 1 is 1.27 bits per heavy atom. The summed E-state index contributed by atoms with van der Waals surface area (Å²) in [5.74, 6) is 2.24. The van der Waals surface area contributed by atoms with E-state index in [1.807, 2.05) is 0 Å². The summed E-state index contributed by atoms with van der Waals surface area (Å²) in [4.78, 5) is 20.4. The van der Waals surface area contributed by atoms with Crippen molar-refractivity contribution >= 4 is 5.91 Å². The van der Waals surface area contributed by atoms with E-state index in [0.29, 0.717) is 17.4 Å². The molecule has 6 nitrogen and oxygen atoms in total. The lowest BCUT2D eigenvalue weighted by Crippen LogP contribution is -2.19. The van der Waals surface area contributed by atoms with Crippen molar-refractivity contribution in [2.75, 3.05) is 7.05 Å². The smallest absolute Gasteiger partial charge is 0.269 e. The van der Waals surface area contributed by atoms with Gasteiger partial charge in [0, 0.05) is 24.7 Å². The molecule has 0 bridgehead atoms. The number of rotatable bonds is 7. The molecule has 0 saturated heterocycles. The van der Waals surface area contributed by atoms with Crippen molar-refractivity contribution in [2.24, 2.45) is 5.92 Å². The maximum absolute atomic E-state index is 11.7. The minimum atomic E-state index is -0.225. The van der Waals surface area contributed by atoms with E-state index in [0.717, 1.165) is 30.2 Å². The minimum Gasteiger partial charge on any atom is -0.354 e. The summed E-state index contributed by atoms with van der Waals surface area (Å²) in [6.45, 7) is 2.25. The van der Waals surface area contributed by atoms with Crippen LogP contribution < -0.4 is 5.32 Å². The number of unbranched alkanes of at least 4 members (excludes halogenated alkanes) is 2. The van der Waals surface area contributed by atoms with Crippen LogP contribution in [0.25, 0.3) is 11.4 Å². The van der Waals surface area contributed by atoms with Crippen LogP contribution >= 0.6 is 0 Å². The summed E-state index contributed by atoms with van der Waals surface area (Å²) in [6, 6.07) is 3.49. The zero-order valence-electron chi connectivity index (χ0n) is 15.7. The van der Waals surface area contributed by atoms with E-state index in [-0.39, 0.29) is 5.91 Å². The van der Waals surface area contributed by atoms with Crippen molar-refractivity contribution in [1.29, 1.82) is 0 Å². The summed E-state index contributed by atoms with van der Waals surface area (Å²) in [5.41, 5.74) is 1.10. The summed E-state index contributed by atoms with van der Waals surface area (Å²) in [6.07, 6.45) is 11.7. The van der Waals surface area contributed by atoms with E-state index >= 15 is 0 Å². The molecule has 1 N–H and O–H groups in total. The predicted octanol–water partition coefficient (Wildman–Crippen LogP) is 4.35. The van der Waals surface area contributed by atoms with E-state index in [4.69, 9.17) is 4.52 Å². The highest BCUT2D eigenvalue weighted by Gasteiger charge is 2.26. The van der Waals surface area contributed by atoms with Crippen molar-refractivity contribution in [1.82, 2.24) is 20.4 Å². The third kappa shape index (κ3) is 4.48. The SMILES string of the molecule is CCCCCC1CCC(c2nc(-c3ccnc(C(=O)NC)c3)no2)CC1. The zero-order valence-corrected chi connectivity index (χ0v) is 15.7. The quantitative estimate of drug-likeness (QED) is 0.746. The molecule has 1 saturated carbocycles. The van der Waals surface area contributed by atoms with Gasteiger partial charge in [0.2, 0.25) is 11.7 Å². The Hall–Kier alpha value is -2.24. The van der Waals surface area contributed by atoms with Crippen molar-refractivity contribution < 1.29 is 9.32 Å². The van der Waals surface area contributed by atoms with Gasteiger partial charge in [-0.3, -0.25) is 9.78 Å². The van der Waals surface area contributed by atoms with Crippen LogP contribution in [0.1, 0.15) is 80.6 Å². The maximum atomic E-state index is 11.7. The number of nitrogens with one attached hydrogen (secondary N) is 1. The number of hydrogen-bond acceptors (Lipinski definition) is 5. The standard InChI is InChI=1S/C20H28N4O2/c1-3-4-5-6-14-7-9-15(10-8-14)20-23-18(24-26-20)16-11-12-22-17(13-16)19(25)21-2/h11-15H,3-10H2,1-2H3,(H,21,25). The lowest BCUT2D eigenvalue weighted by atomic mass is 9.79. The van der Waals surface area contributed by atoms with Crippen LogP contribution in [0.2, 0.25) is 0 Å². The van der Waals surface area contributed by atoms with Gasteiger partial charge in [-0.15, -0.1) is 0 Å². The molecule has 2 aromatic heterocycles. The molecule has 26 heavy (non-hydrogen) atoms. The van der Waals surface area contributed by atoms with E-state index < -0.39 is 0 Å². The Morgan fingerprint density at radius 3 is 2.81 bits per heavy atom. The largest absolute Gasteiger partial charge is 0.354 e. The van der Waals surface area contributed by atoms with Crippen LogP contribution in [0.5, 0.6) is 0 Å². The van der Waals surface area contributed by atoms with Crippen LogP contribution in [-0.2, 0) is 0 Å². The maximum Gasteiger partial charge on any atom is 0.269 e. The van der Waals surface area contributed by atoms with Gasteiger partial charge < -0.3 is 9.84 Å². The van der Waals surface area contributed by atoms with Gasteiger partial charge in [0.15, 0.2) is 0 Å². The average Bonchev–Trinajstić information content (AvgIpc) is 3.18. The second-order valence-corrected chi connectivity index (χ2v) is 7.18. The van der Waals surface area contributed by atoms with Crippen molar-refractivity contribution in [3.8, 4) is 11.4 Å². The first kappa shape index (κ1) is 18.5. The molecule has 3 rings (SSSR count). The van der Waals surface area contributed by atoms with E-state index in [9.17, 15) is 4.79 Å². The number of pyridine rings is 1. The third-order valence-corrected chi connectivity index (χ3v) is 5.33. The van der Waals surface area contributed by atoms with Crippen molar-refractivity contribution in [3.05, 3.63) is 29.9 Å². The summed E-state index contributed by atoms with van der Waals surface area (Å²) in [7, 11) is 1.59. The first-order valence-electron chi connectivity index (χ1n) is 9.73. The van der Waals surface area contributed by atoms with Gasteiger partial charge >= 0.3 is 0 Å². The second-order valence-electron chi connectivity index (χ2n) is 7.18. The highest BCUT2D eigenvalue weighted by molar-refractivity contribution is 5.92. The molecule has 2 aromatic rings. The van der Waals surface area contributed by atoms with E-state index in [1.165, 1.54) is 38.5 Å². The van der Waals surface area contributed by atoms with E-state index in [1.54, 1.807) is 25.4 Å². The normalized spacial score (nSPS) is 20.1. The Morgan fingerprint density at radius 2 is 2.08 bits per heavy atom.